The van der Waals surface area contributed by atoms with E-state index in [9.17, 15) is 9.59 Å². The van der Waals surface area contributed by atoms with Crippen LogP contribution < -0.4 is 10.5 Å². The van der Waals surface area contributed by atoms with Crippen LogP contribution in [0.5, 0.6) is 0 Å². The van der Waals surface area contributed by atoms with Gasteiger partial charge in [-0.05, 0) is 0 Å². The summed E-state index contributed by atoms with van der Waals surface area (Å²) in [5.74, 6) is 0. The maximum absolute atomic E-state index is 12.7. The van der Waals surface area contributed by atoms with E-state index in [0.29, 0.717) is 12.8 Å². The summed E-state index contributed by atoms with van der Waals surface area (Å²) < 4.78 is -2.18. The van der Waals surface area contributed by atoms with E-state index in [4.69, 9.17) is 17.0 Å². The topological polar surface area (TPSA) is 58.2 Å². The number of hydrogen-bond donors (Lipinski definition) is 2. The summed E-state index contributed by atoms with van der Waals surface area (Å²) in [6.45, 7) is 4.24. The molecule has 2 aliphatic carbocycles. The van der Waals surface area contributed by atoms with Gasteiger partial charge >= 0.3 is 327 Å². The van der Waals surface area contributed by atoms with Crippen molar-refractivity contribution in [2.45, 2.75) is 21.1 Å². The van der Waals surface area contributed by atoms with Crippen LogP contribution >= 0.6 is 17.0 Å². The molecule has 2 N–H and O–H groups in total. The van der Waals surface area contributed by atoms with Gasteiger partial charge in [-0.1, -0.05) is 0 Å². The fourth-order valence-corrected chi connectivity index (χ4v) is 28.7. The molecule has 8 heteroatoms. The molecule has 0 spiro atoms. The van der Waals surface area contributed by atoms with Gasteiger partial charge in [0.2, 0.25) is 0 Å². The number of aryl methyl sites for hydroxylation is 2. The molecule has 0 radical (unpaired) electrons. The molecule has 0 aliphatic heterocycles. The fourth-order valence-electron chi connectivity index (χ4n) is 8.98. The molecule has 6 aromatic rings. The van der Waals surface area contributed by atoms with Crippen LogP contribution in [0.3, 0.4) is 0 Å². The predicted octanol–water partition coefficient (Wildman–Crippen LogP) is 11.0. The molecule has 2 atom stereocenters. The van der Waals surface area contributed by atoms with Crippen molar-refractivity contribution in [1.29, 1.82) is 0 Å². The number of nitrogens with one attached hydrogen (secondary N) is 2. The Hall–Kier alpha value is -4.73. The van der Waals surface area contributed by atoms with Crippen molar-refractivity contribution < 1.29 is 25.8 Å². The minimum atomic E-state index is -6.14. The number of rotatable bonds is 11. The summed E-state index contributed by atoms with van der Waals surface area (Å²) in [6, 6.07) is 49.8. The first-order valence-corrected chi connectivity index (χ1v) is 28.7. The zero-order valence-corrected chi connectivity index (χ0v) is 33.9. The van der Waals surface area contributed by atoms with Crippen molar-refractivity contribution in [3.8, 4) is 22.3 Å². The van der Waals surface area contributed by atoms with Gasteiger partial charge in [0.25, 0.3) is 0 Å². The van der Waals surface area contributed by atoms with Crippen LogP contribution in [0, 0.1) is 13.8 Å². The molecule has 4 nitrogen and oxygen atoms in total. The van der Waals surface area contributed by atoms with Crippen molar-refractivity contribution in [3.05, 3.63) is 190 Å². The van der Waals surface area contributed by atoms with E-state index in [1.165, 1.54) is 0 Å². The number of hydrogen-bond acceptors (Lipinski definition) is 2. The van der Waals surface area contributed by atoms with E-state index in [0.717, 1.165) is 77.9 Å². The zero-order valence-electron chi connectivity index (χ0n) is 30.0. The van der Waals surface area contributed by atoms with E-state index >= 15 is 0 Å². The van der Waals surface area contributed by atoms with Crippen LogP contribution in [0.2, 0.25) is 0 Å². The van der Waals surface area contributed by atoms with E-state index in [2.05, 4.69) is 134 Å². The summed E-state index contributed by atoms with van der Waals surface area (Å²) in [4.78, 5) is 25.4. The third-order valence-corrected chi connectivity index (χ3v) is 31.1. The molecule has 2 aliphatic rings. The van der Waals surface area contributed by atoms with Crippen LogP contribution in [0.4, 0.5) is 0 Å². The second kappa shape index (κ2) is 14.5. The molecule has 6 aromatic carbocycles. The predicted molar refractivity (Wildman–Crippen MR) is 223 cm³/mol. The van der Waals surface area contributed by atoms with Gasteiger partial charge in [0.1, 0.15) is 0 Å². The first-order valence-electron chi connectivity index (χ1n) is 18.1. The Kier molecular flexibility index (Phi) is 9.73. The van der Waals surface area contributed by atoms with Crippen LogP contribution in [0.15, 0.2) is 146 Å². The first-order chi connectivity index (χ1) is 26.3. The number of carbonyl (C=O) groups excluding carboxylic acids is 2. The monoisotopic (exact) mass is 821 g/mol. The summed E-state index contributed by atoms with van der Waals surface area (Å²) in [7, 11) is 17.6. The summed E-state index contributed by atoms with van der Waals surface area (Å²) >= 11 is -6.14. The van der Waals surface area contributed by atoms with Crippen molar-refractivity contribution in [2.24, 2.45) is 0 Å². The maximum atomic E-state index is 12.7. The van der Waals surface area contributed by atoms with Crippen molar-refractivity contribution in [1.82, 2.24) is 10.5 Å². The quantitative estimate of drug-likeness (QED) is 0.101. The summed E-state index contributed by atoms with van der Waals surface area (Å²) in [5.41, 5.74) is 14.6. The van der Waals surface area contributed by atoms with Crippen LogP contribution in [0.25, 0.3) is 45.6 Å². The van der Waals surface area contributed by atoms with E-state index in [-0.39, 0.29) is 0 Å². The molecule has 54 heavy (non-hydrogen) atoms. The van der Waals surface area contributed by atoms with Crippen LogP contribution in [-0.2, 0) is 25.8 Å². The van der Waals surface area contributed by atoms with Gasteiger partial charge < -0.3 is 0 Å². The van der Waals surface area contributed by atoms with E-state index < -0.39 is 27.9 Å². The summed E-state index contributed by atoms with van der Waals surface area (Å²) in [6.07, 6.45) is 5.69. The number of fused-ring (bicyclic) bond motifs is 2. The molecular weight excluding hydrogens is 785 g/mol. The molecule has 0 saturated carbocycles. The zero-order chi connectivity index (χ0) is 37.5. The molecule has 0 bridgehead atoms. The van der Waals surface area contributed by atoms with Crippen LogP contribution in [0.1, 0.15) is 51.8 Å². The van der Waals surface area contributed by atoms with Crippen molar-refractivity contribution in [3.63, 3.8) is 0 Å². The second-order valence-electron chi connectivity index (χ2n) is 14.3. The first kappa shape index (κ1) is 36.3. The Morgan fingerprint density at radius 2 is 0.870 bits per heavy atom. The second-order valence-corrected chi connectivity index (χ2v) is 35.7. The number of halogens is 2. The van der Waals surface area contributed by atoms with Gasteiger partial charge in [-0.25, -0.2) is 0 Å². The molecule has 0 heterocycles. The Morgan fingerprint density at radius 1 is 0.500 bits per heavy atom. The third kappa shape index (κ3) is 5.87. The molecule has 0 saturated heterocycles. The van der Waals surface area contributed by atoms with Gasteiger partial charge in [-0.15, -0.1) is 0 Å². The standard InChI is InChI=1S/2C22H17.C2H3BN2O2.2ClH.Zr/c2*1-16-8-5-6-12-20(16)21-13-7-11-18-14-19(15-22(18)21)17-9-3-2-4-10-17;6-1-4-3-5-2-7;;;/h2*2-15H,1H3;1-2H,(H-,4,5,6,7);2*1H;/q;;;;;+1/p-1. The normalized spacial score (nSPS) is 16.6. The van der Waals surface area contributed by atoms with Gasteiger partial charge in [0.05, 0.1) is 0 Å². The van der Waals surface area contributed by atoms with Gasteiger partial charge in [-0.3, -0.25) is 0 Å². The molecule has 0 fully saturated rings. The number of carbonyl (C=O) groups is 2. The van der Waals surface area contributed by atoms with Crippen molar-refractivity contribution >= 4 is 57.7 Å². The van der Waals surface area contributed by atoms with Gasteiger partial charge in [-0.2, -0.15) is 0 Å². The van der Waals surface area contributed by atoms with Gasteiger partial charge in [0, 0.05) is 0 Å². The molecule has 265 valence electrons. The molecule has 0 aromatic heterocycles. The average molecular weight is 824 g/mol. The third-order valence-electron chi connectivity index (χ3n) is 11.3. The van der Waals surface area contributed by atoms with E-state index in [1.807, 2.05) is 48.5 Å². The molecule has 2 amide bonds. The Bertz CT molecular complexity index is 2320. The number of benzene rings is 6. The van der Waals surface area contributed by atoms with Crippen LogP contribution in [-0.4, -0.2) is 17.3 Å². The SMILES string of the molecule is Cc1ccccc1-c1cccc2c1C=C(c1ccccc1)[CH]2[Zr]([Cl])([Cl])([B](NC=O)NC=O)[CH]1C(c2ccccc2)=Cc2c(-c3ccccc3C)cccc21. The van der Waals surface area contributed by atoms with Crippen molar-refractivity contribution in [2.75, 3.05) is 0 Å². The molecule has 8 rings (SSSR count). The average Bonchev–Trinajstić information content (AvgIpc) is 3.81. The Labute approximate surface area is 325 Å². The fraction of sp³-hybridized carbons (Fsp3) is 0.0870. The minimum absolute atomic E-state index is 0.564. The number of amides is 2. The van der Waals surface area contributed by atoms with Gasteiger partial charge in [0.15, 0.2) is 0 Å². The Morgan fingerprint density at radius 3 is 1.26 bits per heavy atom. The Balaban J connectivity index is 1.49. The van der Waals surface area contributed by atoms with E-state index in [1.54, 1.807) is 0 Å². The molecule has 2 unspecified atom stereocenters. The molecular formula is C46H38BCl2N2O2Zr. The number of allylic oxidation sites excluding steroid dienone is 2. The summed E-state index contributed by atoms with van der Waals surface area (Å²) in [5, 5.41) is 5.97.